The van der Waals surface area contributed by atoms with Crippen molar-refractivity contribution in [1.82, 2.24) is 0 Å². The van der Waals surface area contributed by atoms with E-state index in [9.17, 15) is 4.79 Å². The Balaban J connectivity index is 0. The molecule has 0 aliphatic heterocycles. The molecular formula is C18H34BiO2. The number of carbonyl (C=O) groups is 1. The first-order valence-corrected chi connectivity index (χ1v) is 8.64. The van der Waals surface area contributed by atoms with E-state index in [0.29, 0.717) is 6.42 Å². The van der Waals surface area contributed by atoms with Gasteiger partial charge >= 0.3 is 5.97 Å². The molecule has 21 heavy (non-hydrogen) atoms. The molecule has 123 valence electrons. The van der Waals surface area contributed by atoms with Gasteiger partial charge in [-0.15, -0.1) is 0 Å². The van der Waals surface area contributed by atoms with Gasteiger partial charge < -0.3 is 5.11 Å². The van der Waals surface area contributed by atoms with E-state index in [2.05, 4.69) is 19.1 Å². The number of rotatable bonds is 15. The number of carboxylic acids is 1. The van der Waals surface area contributed by atoms with Crippen LogP contribution < -0.4 is 0 Å². The number of hydrogen-bond donors (Lipinski definition) is 1. The molecule has 0 bridgehead atoms. The van der Waals surface area contributed by atoms with Crippen LogP contribution in [0.25, 0.3) is 0 Å². The van der Waals surface area contributed by atoms with E-state index >= 15 is 0 Å². The Labute approximate surface area is 150 Å². The molecular weight excluding hydrogens is 457 g/mol. The van der Waals surface area contributed by atoms with E-state index in [1.807, 2.05) is 0 Å². The fourth-order valence-corrected chi connectivity index (χ4v) is 2.35. The van der Waals surface area contributed by atoms with E-state index < -0.39 is 5.97 Å². The third kappa shape index (κ3) is 22.5. The molecule has 3 heteroatoms. The van der Waals surface area contributed by atoms with Gasteiger partial charge in [-0.25, -0.2) is 0 Å². The summed E-state index contributed by atoms with van der Waals surface area (Å²) in [5.41, 5.74) is 0. The Kier molecular flexibility index (Phi) is 22.4. The van der Waals surface area contributed by atoms with Crippen LogP contribution in [0.2, 0.25) is 0 Å². The van der Waals surface area contributed by atoms with E-state index in [1.54, 1.807) is 0 Å². The quantitative estimate of drug-likeness (QED) is 0.181. The normalized spacial score (nSPS) is 10.7. The summed E-state index contributed by atoms with van der Waals surface area (Å²) < 4.78 is 0. The second kappa shape index (κ2) is 20.1. The van der Waals surface area contributed by atoms with Crippen molar-refractivity contribution in [2.75, 3.05) is 0 Å². The van der Waals surface area contributed by atoms with Gasteiger partial charge in [0.15, 0.2) is 0 Å². The minimum Gasteiger partial charge on any atom is -0.481 e. The average molecular weight is 491 g/mol. The van der Waals surface area contributed by atoms with E-state index in [4.69, 9.17) is 5.11 Å². The van der Waals surface area contributed by atoms with Gasteiger partial charge in [-0.05, 0) is 32.1 Å². The summed E-state index contributed by atoms with van der Waals surface area (Å²) in [6, 6.07) is 0. The van der Waals surface area contributed by atoms with Gasteiger partial charge in [0.25, 0.3) is 0 Å². The smallest absolute Gasteiger partial charge is 0.303 e. The molecule has 0 unspecified atom stereocenters. The SMILES string of the molecule is CCCCCCCC/C=C\CCCCCCCC(=O)O.[Bi]. The van der Waals surface area contributed by atoms with Gasteiger partial charge in [-0.1, -0.05) is 70.4 Å². The van der Waals surface area contributed by atoms with Crippen LogP contribution in [-0.4, -0.2) is 37.3 Å². The van der Waals surface area contributed by atoms with Crippen LogP contribution in [0.5, 0.6) is 0 Å². The predicted molar refractivity (Wildman–Crippen MR) is 92.8 cm³/mol. The first-order valence-electron chi connectivity index (χ1n) is 8.64. The van der Waals surface area contributed by atoms with Gasteiger partial charge in [0.2, 0.25) is 0 Å². The van der Waals surface area contributed by atoms with Crippen molar-refractivity contribution in [3.8, 4) is 0 Å². The fourth-order valence-electron chi connectivity index (χ4n) is 2.35. The topological polar surface area (TPSA) is 37.3 Å². The molecule has 1 N–H and O–H groups in total. The molecule has 0 aromatic rings. The van der Waals surface area contributed by atoms with Crippen molar-refractivity contribution < 1.29 is 9.90 Å². The van der Waals surface area contributed by atoms with Crippen LogP contribution in [-0.2, 0) is 4.79 Å². The molecule has 0 aliphatic carbocycles. The molecule has 0 saturated heterocycles. The fraction of sp³-hybridized carbons (Fsp3) is 0.833. The van der Waals surface area contributed by atoms with Crippen molar-refractivity contribution in [2.24, 2.45) is 0 Å². The molecule has 0 amide bonds. The predicted octanol–water partition coefficient (Wildman–Crippen LogP) is 5.73. The monoisotopic (exact) mass is 491 g/mol. The maximum absolute atomic E-state index is 10.3. The molecule has 2 nitrogen and oxygen atoms in total. The summed E-state index contributed by atoms with van der Waals surface area (Å²) in [4.78, 5) is 10.3. The Morgan fingerprint density at radius 1 is 0.762 bits per heavy atom. The summed E-state index contributed by atoms with van der Waals surface area (Å²) in [7, 11) is 0. The number of hydrogen-bond acceptors (Lipinski definition) is 1. The van der Waals surface area contributed by atoms with E-state index in [1.165, 1.54) is 70.6 Å². The maximum Gasteiger partial charge on any atom is 0.303 e. The van der Waals surface area contributed by atoms with Crippen LogP contribution in [0.1, 0.15) is 96.8 Å². The first kappa shape index (κ1) is 23.4. The van der Waals surface area contributed by atoms with E-state index in [0.717, 1.165) is 12.8 Å². The second-order valence-electron chi connectivity index (χ2n) is 5.73. The molecule has 0 heterocycles. The van der Waals surface area contributed by atoms with Gasteiger partial charge in [0, 0.05) is 32.6 Å². The molecule has 3 radical (unpaired) electrons. The van der Waals surface area contributed by atoms with Gasteiger partial charge in [-0.3, -0.25) is 4.79 Å². The van der Waals surface area contributed by atoms with Crippen LogP contribution in [0.4, 0.5) is 0 Å². The third-order valence-electron chi connectivity index (χ3n) is 3.65. The van der Waals surface area contributed by atoms with Crippen LogP contribution in [0, 0.1) is 0 Å². The number of aliphatic carboxylic acids is 1. The Morgan fingerprint density at radius 2 is 1.19 bits per heavy atom. The minimum atomic E-state index is -0.664. The molecule has 0 saturated carbocycles. The largest absolute Gasteiger partial charge is 0.481 e. The van der Waals surface area contributed by atoms with Gasteiger partial charge in [-0.2, -0.15) is 0 Å². The van der Waals surface area contributed by atoms with Crippen LogP contribution in [0.3, 0.4) is 0 Å². The zero-order chi connectivity index (χ0) is 14.9. The summed E-state index contributed by atoms with van der Waals surface area (Å²) in [5.74, 6) is -0.664. The van der Waals surface area contributed by atoms with Gasteiger partial charge in [0.05, 0.1) is 0 Å². The van der Waals surface area contributed by atoms with Crippen molar-refractivity contribution in [1.29, 1.82) is 0 Å². The molecule has 0 atom stereocenters. The second-order valence-corrected chi connectivity index (χ2v) is 5.73. The Bertz CT molecular complexity index is 239. The van der Waals surface area contributed by atoms with Gasteiger partial charge in [0.1, 0.15) is 0 Å². The zero-order valence-electron chi connectivity index (χ0n) is 13.9. The molecule has 0 rings (SSSR count). The van der Waals surface area contributed by atoms with Crippen LogP contribution >= 0.6 is 0 Å². The summed E-state index contributed by atoms with van der Waals surface area (Å²) in [6.07, 6.45) is 21.2. The summed E-state index contributed by atoms with van der Waals surface area (Å²) in [6.45, 7) is 2.26. The number of allylic oxidation sites excluding steroid dienone is 2. The number of carboxylic acid groups (broad SMARTS) is 1. The summed E-state index contributed by atoms with van der Waals surface area (Å²) in [5, 5.41) is 8.51. The van der Waals surface area contributed by atoms with Crippen molar-refractivity contribution in [3.63, 3.8) is 0 Å². The zero-order valence-corrected chi connectivity index (χ0v) is 17.3. The molecule has 0 fully saturated rings. The molecule has 0 aliphatic rings. The maximum atomic E-state index is 10.3. The van der Waals surface area contributed by atoms with Crippen LogP contribution in [0.15, 0.2) is 12.2 Å². The minimum absolute atomic E-state index is 0. The number of unbranched alkanes of at least 4 members (excludes halogenated alkanes) is 11. The third-order valence-corrected chi connectivity index (χ3v) is 3.65. The van der Waals surface area contributed by atoms with Crippen molar-refractivity contribution in [3.05, 3.63) is 12.2 Å². The first-order chi connectivity index (χ1) is 9.77. The Morgan fingerprint density at radius 3 is 1.67 bits per heavy atom. The summed E-state index contributed by atoms with van der Waals surface area (Å²) >= 11 is 0. The van der Waals surface area contributed by atoms with Crippen molar-refractivity contribution in [2.45, 2.75) is 96.8 Å². The molecule has 0 spiro atoms. The molecule has 0 aromatic carbocycles. The Hall–Kier alpha value is 0.0931. The van der Waals surface area contributed by atoms with Crippen molar-refractivity contribution >= 4 is 32.2 Å². The standard InChI is InChI=1S/C18H34O2.Bi/c1-2-3-4-5-6-7-8-9-10-11-12-13-14-15-16-17-18(19)20;/h9-10H,2-8,11-17H2,1H3,(H,19,20);/b10-9-;. The average Bonchev–Trinajstić information content (AvgIpc) is 2.43. The molecule has 0 aromatic heterocycles. The van der Waals surface area contributed by atoms with E-state index in [-0.39, 0.29) is 26.2 Å².